The topological polar surface area (TPSA) is 20.2 Å². The lowest BCUT2D eigenvalue weighted by Crippen LogP contribution is -2.05. The largest absolute Gasteiger partial charge is 0.416 e. The van der Waals surface area contributed by atoms with Crippen LogP contribution in [-0.4, -0.2) is 5.11 Å². The maximum atomic E-state index is 12.3. The van der Waals surface area contributed by atoms with Gasteiger partial charge in [-0.2, -0.15) is 13.2 Å². The first-order chi connectivity index (χ1) is 7.97. The van der Waals surface area contributed by atoms with Crippen molar-refractivity contribution in [3.8, 4) is 0 Å². The van der Waals surface area contributed by atoms with E-state index in [-0.39, 0.29) is 0 Å². The van der Waals surface area contributed by atoms with E-state index in [1.807, 2.05) is 0 Å². The molecule has 1 aromatic carbocycles. The molecule has 1 aliphatic rings. The number of aliphatic hydroxyl groups is 1. The lowest BCUT2D eigenvalue weighted by Gasteiger charge is -2.12. The molecule has 1 nitrogen and oxygen atoms in total. The zero-order valence-corrected chi connectivity index (χ0v) is 9.37. The van der Waals surface area contributed by atoms with Gasteiger partial charge in [0.15, 0.2) is 0 Å². The van der Waals surface area contributed by atoms with E-state index in [1.54, 1.807) is 0 Å². The molecule has 0 radical (unpaired) electrons. The Labute approximate surface area is 98.3 Å². The third kappa shape index (κ3) is 3.46. The van der Waals surface area contributed by atoms with Crippen molar-refractivity contribution in [3.63, 3.8) is 0 Å². The molecule has 1 atom stereocenters. The minimum absolute atomic E-state index is 0.568. The number of hydrogen-bond donors (Lipinski definition) is 1. The minimum Gasteiger partial charge on any atom is -0.388 e. The molecule has 0 bridgehead atoms. The highest BCUT2D eigenvalue weighted by molar-refractivity contribution is 5.25. The van der Waals surface area contributed by atoms with Gasteiger partial charge in [-0.3, -0.25) is 0 Å². The van der Waals surface area contributed by atoms with Crippen LogP contribution in [0.1, 0.15) is 42.9 Å². The molecular formula is C13H15F3O. The third-order valence-electron chi connectivity index (χ3n) is 3.17. The fourth-order valence-corrected chi connectivity index (χ4v) is 1.86. The van der Waals surface area contributed by atoms with Crippen molar-refractivity contribution < 1.29 is 18.3 Å². The monoisotopic (exact) mass is 244 g/mol. The fraction of sp³-hybridized carbons (Fsp3) is 0.538. The molecule has 0 heterocycles. The maximum absolute atomic E-state index is 12.3. The third-order valence-corrected chi connectivity index (χ3v) is 3.17. The second-order valence-corrected chi connectivity index (χ2v) is 4.66. The summed E-state index contributed by atoms with van der Waals surface area (Å²) in [5.41, 5.74) is -0.103. The SMILES string of the molecule is OC(CCC1CC1)c1ccc(C(F)(F)F)cc1. The molecule has 0 aliphatic heterocycles. The average Bonchev–Trinajstić information content (AvgIpc) is 3.09. The van der Waals surface area contributed by atoms with Gasteiger partial charge >= 0.3 is 6.18 Å². The van der Waals surface area contributed by atoms with Gasteiger partial charge in [0.25, 0.3) is 0 Å². The van der Waals surface area contributed by atoms with Gasteiger partial charge < -0.3 is 5.11 Å². The Morgan fingerprint density at radius 3 is 2.24 bits per heavy atom. The van der Waals surface area contributed by atoms with Gasteiger partial charge in [-0.05, 0) is 36.5 Å². The van der Waals surface area contributed by atoms with Crippen molar-refractivity contribution in [2.75, 3.05) is 0 Å². The van der Waals surface area contributed by atoms with Crippen molar-refractivity contribution >= 4 is 0 Å². The second kappa shape index (κ2) is 4.69. The van der Waals surface area contributed by atoms with E-state index in [9.17, 15) is 18.3 Å². The van der Waals surface area contributed by atoms with Crippen LogP contribution in [0.4, 0.5) is 13.2 Å². The predicted molar refractivity (Wildman–Crippen MR) is 58.4 cm³/mol. The summed E-state index contributed by atoms with van der Waals surface area (Å²) in [6.45, 7) is 0. The van der Waals surface area contributed by atoms with E-state index in [1.165, 1.54) is 25.0 Å². The van der Waals surface area contributed by atoms with Gasteiger partial charge in [0.05, 0.1) is 11.7 Å². The molecule has 0 aromatic heterocycles. The molecule has 94 valence electrons. The number of halogens is 3. The van der Waals surface area contributed by atoms with Gasteiger partial charge in [-0.25, -0.2) is 0 Å². The molecule has 0 amide bonds. The highest BCUT2D eigenvalue weighted by Crippen LogP contribution is 2.36. The molecule has 0 spiro atoms. The molecule has 1 unspecified atom stereocenters. The molecule has 0 saturated heterocycles. The minimum atomic E-state index is -4.31. The molecule has 1 fully saturated rings. The van der Waals surface area contributed by atoms with Gasteiger partial charge in [-0.1, -0.05) is 25.0 Å². The smallest absolute Gasteiger partial charge is 0.388 e. The Balaban J connectivity index is 1.96. The highest BCUT2D eigenvalue weighted by atomic mass is 19.4. The zero-order chi connectivity index (χ0) is 12.5. The average molecular weight is 244 g/mol. The first-order valence-electron chi connectivity index (χ1n) is 5.82. The lowest BCUT2D eigenvalue weighted by atomic mass is 10.0. The number of benzene rings is 1. The van der Waals surface area contributed by atoms with Gasteiger partial charge in [0, 0.05) is 0 Å². The van der Waals surface area contributed by atoms with Crippen molar-refractivity contribution in [1.82, 2.24) is 0 Å². The molecule has 1 N–H and O–H groups in total. The summed E-state index contributed by atoms with van der Waals surface area (Å²) in [4.78, 5) is 0. The summed E-state index contributed by atoms with van der Waals surface area (Å²) in [6, 6.07) is 4.77. The van der Waals surface area contributed by atoms with Crippen LogP contribution in [0.25, 0.3) is 0 Å². The van der Waals surface area contributed by atoms with Crippen molar-refractivity contribution in [3.05, 3.63) is 35.4 Å². The van der Waals surface area contributed by atoms with Crippen LogP contribution in [0.15, 0.2) is 24.3 Å². The second-order valence-electron chi connectivity index (χ2n) is 4.66. The Kier molecular flexibility index (Phi) is 3.43. The van der Waals surface area contributed by atoms with Crippen molar-refractivity contribution in [2.24, 2.45) is 5.92 Å². The quantitative estimate of drug-likeness (QED) is 0.850. The molecule has 1 aliphatic carbocycles. The predicted octanol–water partition coefficient (Wildman–Crippen LogP) is 3.93. The van der Waals surface area contributed by atoms with E-state index in [4.69, 9.17) is 0 Å². The number of hydrogen-bond acceptors (Lipinski definition) is 1. The summed E-state index contributed by atoms with van der Waals surface area (Å²) >= 11 is 0. The summed E-state index contributed by atoms with van der Waals surface area (Å²) in [6.07, 6.45) is -0.910. The first kappa shape index (κ1) is 12.4. The van der Waals surface area contributed by atoms with Crippen LogP contribution in [-0.2, 0) is 6.18 Å². The van der Waals surface area contributed by atoms with Crippen LogP contribution in [0, 0.1) is 5.92 Å². The summed E-state index contributed by atoms with van der Waals surface area (Å²) < 4.78 is 37.0. The summed E-state index contributed by atoms with van der Waals surface area (Å²) in [5.74, 6) is 0.721. The van der Waals surface area contributed by atoms with Gasteiger partial charge in [0.1, 0.15) is 0 Å². The van der Waals surface area contributed by atoms with Crippen LogP contribution < -0.4 is 0 Å². The van der Waals surface area contributed by atoms with E-state index < -0.39 is 17.8 Å². The van der Waals surface area contributed by atoms with Crippen molar-refractivity contribution in [2.45, 2.75) is 38.0 Å². The standard InChI is InChI=1S/C13H15F3O/c14-13(15,16)11-6-4-10(5-7-11)12(17)8-3-9-1-2-9/h4-7,9,12,17H,1-3,8H2. The molecule has 17 heavy (non-hydrogen) atoms. The van der Waals surface area contributed by atoms with E-state index in [0.717, 1.165) is 24.5 Å². The van der Waals surface area contributed by atoms with Gasteiger partial charge in [-0.15, -0.1) is 0 Å². The summed E-state index contributed by atoms with van der Waals surface area (Å²) in [5, 5.41) is 9.81. The molecule has 2 rings (SSSR count). The van der Waals surface area contributed by atoms with E-state index in [0.29, 0.717) is 12.0 Å². The molecule has 4 heteroatoms. The van der Waals surface area contributed by atoms with E-state index in [2.05, 4.69) is 0 Å². The van der Waals surface area contributed by atoms with Crippen LogP contribution in [0.2, 0.25) is 0 Å². The van der Waals surface area contributed by atoms with Gasteiger partial charge in [0.2, 0.25) is 0 Å². The molecular weight excluding hydrogens is 229 g/mol. The Morgan fingerprint density at radius 2 is 1.76 bits per heavy atom. The maximum Gasteiger partial charge on any atom is 0.416 e. The Hall–Kier alpha value is -1.03. The first-order valence-corrected chi connectivity index (χ1v) is 5.82. The van der Waals surface area contributed by atoms with Crippen molar-refractivity contribution in [1.29, 1.82) is 0 Å². The fourth-order valence-electron chi connectivity index (χ4n) is 1.86. The highest BCUT2D eigenvalue weighted by Gasteiger charge is 2.30. The zero-order valence-electron chi connectivity index (χ0n) is 9.37. The van der Waals surface area contributed by atoms with Crippen LogP contribution >= 0.6 is 0 Å². The normalized spacial score (nSPS) is 18.1. The van der Waals surface area contributed by atoms with Crippen LogP contribution in [0.5, 0.6) is 0 Å². The number of alkyl halides is 3. The van der Waals surface area contributed by atoms with E-state index >= 15 is 0 Å². The Morgan fingerprint density at radius 1 is 1.18 bits per heavy atom. The summed E-state index contributed by atoms with van der Waals surface area (Å²) in [7, 11) is 0. The lowest BCUT2D eigenvalue weighted by molar-refractivity contribution is -0.137. The van der Waals surface area contributed by atoms with Crippen LogP contribution in [0.3, 0.4) is 0 Å². The Bertz CT molecular complexity index is 365. The molecule has 1 aromatic rings. The molecule has 1 saturated carbocycles. The number of rotatable bonds is 4. The number of aliphatic hydroxyl groups excluding tert-OH is 1.